The molecule has 0 radical (unpaired) electrons. The molecule has 8 heteroatoms. The number of benzene rings is 1. The predicted octanol–water partition coefficient (Wildman–Crippen LogP) is 3.27. The zero-order chi connectivity index (χ0) is 20.8. The number of hydrogen-bond acceptors (Lipinski definition) is 7. The van der Waals surface area contributed by atoms with E-state index in [1.807, 2.05) is 6.07 Å². The van der Waals surface area contributed by atoms with Crippen LogP contribution < -0.4 is 4.72 Å². The van der Waals surface area contributed by atoms with E-state index in [1.165, 1.54) is 7.11 Å². The predicted molar refractivity (Wildman–Crippen MR) is 103 cm³/mol. The van der Waals surface area contributed by atoms with Crippen molar-refractivity contribution in [1.29, 1.82) is 0 Å². The molecule has 0 saturated heterocycles. The van der Waals surface area contributed by atoms with Crippen molar-refractivity contribution in [3.8, 4) is 0 Å². The highest BCUT2D eigenvalue weighted by atomic mass is 32.2. The van der Waals surface area contributed by atoms with Crippen molar-refractivity contribution in [3.05, 3.63) is 35.9 Å². The molecule has 0 amide bonds. The van der Waals surface area contributed by atoms with Crippen molar-refractivity contribution in [3.63, 3.8) is 0 Å². The van der Waals surface area contributed by atoms with Crippen molar-refractivity contribution >= 4 is 23.5 Å². The standard InChI is InChI=1S/C19H29NO6S/c1-18(2,3)26-17(22)25-15(16(21)24-7)14(13-11-9-8-10-12-13)20-27(23)19(4,5)6/h8-12,14-15,20H,1-7H3/t14-,15+,27+/m1/s1. The first-order chi connectivity index (χ1) is 12.3. The summed E-state index contributed by atoms with van der Waals surface area (Å²) >= 11 is -1.53. The lowest BCUT2D eigenvalue weighted by Crippen LogP contribution is -2.48. The van der Waals surface area contributed by atoms with Crippen LogP contribution in [0.25, 0.3) is 0 Å². The third-order valence-corrected chi connectivity index (χ3v) is 4.88. The minimum absolute atomic E-state index is 0.598. The lowest BCUT2D eigenvalue weighted by atomic mass is 10.0. The van der Waals surface area contributed by atoms with E-state index in [2.05, 4.69) is 4.72 Å². The summed E-state index contributed by atoms with van der Waals surface area (Å²) < 4.78 is 30.2. The Kier molecular flexibility index (Phi) is 8.13. The Bertz CT molecular complexity index is 623. The maximum Gasteiger partial charge on any atom is 0.509 e. The minimum Gasteiger partial charge on any atom is -0.598 e. The van der Waals surface area contributed by atoms with E-state index in [0.29, 0.717) is 5.56 Å². The Morgan fingerprint density at radius 3 is 2.07 bits per heavy atom. The molecule has 3 atom stereocenters. The molecule has 0 saturated carbocycles. The Morgan fingerprint density at radius 2 is 1.63 bits per heavy atom. The van der Waals surface area contributed by atoms with Crippen LogP contribution in [-0.4, -0.2) is 40.2 Å². The summed E-state index contributed by atoms with van der Waals surface area (Å²) in [4.78, 5) is 24.5. The maximum absolute atomic E-state index is 12.7. The molecule has 1 rings (SSSR count). The second kappa shape index (κ2) is 9.43. The fourth-order valence-corrected chi connectivity index (χ4v) is 2.85. The molecule has 1 N–H and O–H groups in total. The van der Waals surface area contributed by atoms with Gasteiger partial charge in [-0.05, 0) is 47.1 Å². The lowest BCUT2D eigenvalue weighted by Gasteiger charge is -2.31. The number of carbonyl (C=O) groups excluding carboxylic acids is 2. The van der Waals surface area contributed by atoms with Crippen LogP contribution >= 0.6 is 0 Å². The number of nitrogens with one attached hydrogen (secondary N) is 1. The van der Waals surface area contributed by atoms with Gasteiger partial charge in [-0.3, -0.25) is 0 Å². The van der Waals surface area contributed by atoms with Gasteiger partial charge in [0, 0.05) is 11.4 Å². The van der Waals surface area contributed by atoms with Gasteiger partial charge in [0.15, 0.2) is 0 Å². The maximum atomic E-state index is 12.7. The molecule has 0 heterocycles. The molecule has 1 aromatic rings. The average Bonchev–Trinajstić information content (AvgIpc) is 2.55. The van der Waals surface area contributed by atoms with Crippen LogP contribution in [0, 0.1) is 0 Å². The molecule has 1 aromatic carbocycles. The molecule has 0 aliphatic rings. The van der Waals surface area contributed by atoms with Gasteiger partial charge in [-0.2, -0.15) is 0 Å². The fourth-order valence-electron chi connectivity index (χ4n) is 2.00. The lowest BCUT2D eigenvalue weighted by molar-refractivity contribution is -0.154. The Labute approximate surface area is 164 Å². The van der Waals surface area contributed by atoms with Crippen LogP contribution in [0.5, 0.6) is 0 Å². The topological polar surface area (TPSA) is 96.9 Å². The smallest absolute Gasteiger partial charge is 0.509 e. The van der Waals surface area contributed by atoms with Crippen LogP contribution in [0.2, 0.25) is 0 Å². The van der Waals surface area contributed by atoms with Crippen molar-refractivity contribution in [2.45, 2.75) is 64.0 Å². The molecule has 7 nitrogen and oxygen atoms in total. The molecular weight excluding hydrogens is 370 g/mol. The monoisotopic (exact) mass is 399 g/mol. The van der Waals surface area contributed by atoms with Gasteiger partial charge in [0.1, 0.15) is 16.4 Å². The third kappa shape index (κ3) is 7.78. The van der Waals surface area contributed by atoms with Gasteiger partial charge in [-0.15, -0.1) is 4.72 Å². The summed E-state index contributed by atoms with van der Waals surface area (Å²) in [7, 11) is 1.19. The average molecular weight is 400 g/mol. The van der Waals surface area contributed by atoms with Crippen LogP contribution in [0.1, 0.15) is 53.1 Å². The summed E-state index contributed by atoms with van der Waals surface area (Å²) in [6, 6.07) is 7.95. The normalized spacial score (nSPS) is 15.4. The molecule has 0 fully saturated rings. The van der Waals surface area contributed by atoms with Gasteiger partial charge < -0.3 is 18.8 Å². The Balaban J connectivity index is 3.21. The second-order valence-electron chi connectivity index (χ2n) is 7.91. The van der Waals surface area contributed by atoms with Crippen molar-refractivity contribution < 1.29 is 28.4 Å². The van der Waals surface area contributed by atoms with Crippen LogP contribution in [-0.2, 0) is 30.4 Å². The second-order valence-corrected chi connectivity index (χ2v) is 9.91. The highest BCUT2D eigenvalue weighted by Gasteiger charge is 2.40. The van der Waals surface area contributed by atoms with Crippen molar-refractivity contribution in [2.75, 3.05) is 7.11 Å². The number of carbonyl (C=O) groups is 2. The first kappa shape index (κ1) is 23.3. The first-order valence-corrected chi connectivity index (χ1v) is 9.70. The first-order valence-electron chi connectivity index (χ1n) is 8.55. The highest BCUT2D eigenvalue weighted by molar-refractivity contribution is 7.90. The van der Waals surface area contributed by atoms with Gasteiger partial charge in [0.05, 0.1) is 7.11 Å². The van der Waals surface area contributed by atoms with E-state index in [-0.39, 0.29) is 0 Å². The summed E-state index contributed by atoms with van der Waals surface area (Å²) in [6.45, 7) is 10.4. The van der Waals surface area contributed by atoms with Gasteiger partial charge in [0.2, 0.25) is 6.10 Å². The quantitative estimate of drug-likeness (QED) is 0.579. The number of ether oxygens (including phenoxy) is 3. The van der Waals surface area contributed by atoms with Gasteiger partial charge >= 0.3 is 12.1 Å². The largest absolute Gasteiger partial charge is 0.598 e. The molecule has 0 aromatic heterocycles. The summed E-state index contributed by atoms with van der Waals surface area (Å²) in [5.41, 5.74) is -0.171. The Hall–Kier alpha value is -1.77. The number of hydrogen-bond donors (Lipinski definition) is 1. The molecule has 0 bridgehead atoms. The van der Waals surface area contributed by atoms with E-state index < -0.39 is 46.0 Å². The van der Waals surface area contributed by atoms with E-state index in [9.17, 15) is 14.1 Å². The number of rotatable bonds is 6. The van der Waals surface area contributed by atoms with Crippen LogP contribution in [0.15, 0.2) is 30.3 Å². The van der Waals surface area contributed by atoms with E-state index in [4.69, 9.17) is 14.2 Å². The van der Waals surface area contributed by atoms with Crippen LogP contribution in [0.4, 0.5) is 4.79 Å². The molecule has 0 aliphatic carbocycles. The fraction of sp³-hybridized carbons (Fsp3) is 0.579. The molecule has 0 unspecified atom stereocenters. The zero-order valence-electron chi connectivity index (χ0n) is 16.9. The molecule has 152 valence electrons. The van der Waals surface area contributed by atoms with Crippen molar-refractivity contribution in [2.24, 2.45) is 0 Å². The van der Waals surface area contributed by atoms with Gasteiger partial charge in [-0.1, -0.05) is 30.3 Å². The van der Waals surface area contributed by atoms with Crippen LogP contribution in [0.3, 0.4) is 0 Å². The number of esters is 1. The van der Waals surface area contributed by atoms with E-state index in [0.717, 1.165) is 0 Å². The van der Waals surface area contributed by atoms with Gasteiger partial charge in [-0.25, -0.2) is 9.59 Å². The molecule has 0 spiro atoms. The van der Waals surface area contributed by atoms with E-state index >= 15 is 0 Å². The minimum atomic E-state index is -1.53. The Morgan fingerprint density at radius 1 is 1.07 bits per heavy atom. The summed E-state index contributed by atoms with van der Waals surface area (Å²) in [6.07, 6.45) is -2.39. The highest BCUT2D eigenvalue weighted by Crippen LogP contribution is 2.26. The SMILES string of the molecule is COC(=O)[C@@H](OC(=O)OC(C)(C)C)[C@H](N[S@@+]([O-])C(C)(C)C)c1ccccc1. The summed E-state index contributed by atoms with van der Waals surface area (Å²) in [5.74, 6) is -0.784. The summed E-state index contributed by atoms with van der Waals surface area (Å²) in [5, 5.41) is 0. The molecule has 0 aliphatic heterocycles. The third-order valence-electron chi connectivity index (χ3n) is 3.30. The van der Waals surface area contributed by atoms with E-state index in [1.54, 1.807) is 65.8 Å². The van der Waals surface area contributed by atoms with Gasteiger partial charge in [0.25, 0.3) is 0 Å². The van der Waals surface area contributed by atoms with Crippen molar-refractivity contribution in [1.82, 2.24) is 4.72 Å². The number of methoxy groups -OCH3 is 1. The zero-order valence-corrected chi connectivity index (χ0v) is 17.7. The molecular formula is C19H29NO6S. The molecule has 27 heavy (non-hydrogen) atoms.